The average molecular weight is 475 g/mol. The molecule has 0 amide bonds. The molecule has 0 N–H and O–H groups in total. The van der Waals surface area contributed by atoms with Gasteiger partial charge in [-0.2, -0.15) is 9.78 Å². The van der Waals surface area contributed by atoms with Gasteiger partial charge in [-0.15, -0.1) is 10.2 Å². The molecular formula is C21H23BrN4O2S. The SMILES string of the molecule is COc1cccc(/C=N/n2c(SCc3ccc(Br)cc3)nnc2C(C)C)c1OC. The number of rotatable bonds is 8. The van der Waals surface area contributed by atoms with E-state index in [0.717, 1.165) is 26.8 Å². The number of para-hydroxylation sites is 1. The van der Waals surface area contributed by atoms with Gasteiger partial charge in [0.1, 0.15) is 0 Å². The van der Waals surface area contributed by atoms with Crippen LogP contribution in [-0.4, -0.2) is 35.3 Å². The van der Waals surface area contributed by atoms with E-state index >= 15 is 0 Å². The van der Waals surface area contributed by atoms with E-state index in [1.807, 2.05) is 30.3 Å². The third-order valence-electron chi connectivity index (χ3n) is 4.18. The number of thioether (sulfide) groups is 1. The molecule has 0 atom stereocenters. The summed E-state index contributed by atoms with van der Waals surface area (Å²) in [4.78, 5) is 0. The van der Waals surface area contributed by atoms with Crippen LogP contribution in [0.4, 0.5) is 0 Å². The quantitative estimate of drug-likeness (QED) is 0.325. The second-order valence-corrected chi connectivity index (χ2v) is 8.41. The predicted octanol–water partition coefficient (Wildman–Crippen LogP) is 5.36. The molecule has 0 aliphatic carbocycles. The van der Waals surface area contributed by atoms with Crippen molar-refractivity contribution >= 4 is 33.9 Å². The standard InChI is InChI=1S/C21H23BrN4O2S/c1-14(2)20-24-25-21(29-13-15-8-10-17(22)11-9-15)26(20)23-12-16-6-5-7-18(27-3)19(16)28-4/h5-12,14H,13H2,1-4H3/b23-12+. The van der Waals surface area contributed by atoms with Crippen molar-refractivity contribution in [2.45, 2.75) is 30.7 Å². The summed E-state index contributed by atoms with van der Waals surface area (Å²) in [5, 5.41) is 14.1. The molecule has 0 spiro atoms. The lowest BCUT2D eigenvalue weighted by Gasteiger charge is -2.10. The van der Waals surface area contributed by atoms with Crippen molar-refractivity contribution in [3.05, 3.63) is 63.9 Å². The third-order valence-corrected chi connectivity index (χ3v) is 5.70. The molecule has 0 aliphatic rings. The molecule has 0 aliphatic heterocycles. The first kappa shape index (κ1) is 21.4. The molecule has 3 aromatic rings. The maximum absolute atomic E-state index is 5.49. The second kappa shape index (κ2) is 9.93. The van der Waals surface area contributed by atoms with Gasteiger partial charge in [0.2, 0.25) is 5.16 Å². The van der Waals surface area contributed by atoms with Gasteiger partial charge in [0.25, 0.3) is 0 Å². The van der Waals surface area contributed by atoms with Crippen molar-refractivity contribution in [1.82, 2.24) is 14.9 Å². The molecule has 152 valence electrons. The van der Waals surface area contributed by atoms with Crippen LogP contribution in [0.1, 0.15) is 36.7 Å². The van der Waals surface area contributed by atoms with Gasteiger partial charge in [-0.1, -0.05) is 59.7 Å². The van der Waals surface area contributed by atoms with Crippen LogP contribution in [-0.2, 0) is 5.75 Å². The van der Waals surface area contributed by atoms with Gasteiger partial charge in [0, 0.05) is 21.7 Å². The summed E-state index contributed by atoms with van der Waals surface area (Å²) in [5.41, 5.74) is 2.02. The molecule has 0 fully saturated rings. The number of nitrogens with zero attached hydrogens (tertiary/aromatic N) is 4. The van der Waals surface area contributed by atoms with Gasteiger partial charge >= 0.3 is 0 Å². The number of benzene rings is 2. The second-order valence-electron chi connectivity index (χ2n) is 6.55. The number of aromatic nitrogens is 3. The van der Waals surface area contributed by atoms with Crippen molar-refractivity contribution in [3.63, 3.8) is 0 Å². The minimum atomic E-state index is 0.189. The van der Waals surface area contributed by atoms with Crippen molar-refractivity contribution in [2.75, 3.05) is 14.2 Å². The third kappa shape index (κ3) is 5.19. The Morgan fingerprint density at radius 3 is 2.52 bits per heavy atom. The Labute approximate surface area is 183 Å². The zero-order chi connectivity index (χ0) is 20.8. The number of hydrogen-bond acceptors (Lipinski definition) is 6. The summed E-state index contributed by atoms with van der Waals surface area (Å²) in [7, 11) is 3.24. The van der Waals surface area contributed by atoms with Crippen LogP contribution in [0.15, 0.2) is 57.2 Å². The molecule has 3 rings (SSSR count). The molecule has 0 radical (unpaired) electrons. The van der Waals surface area contributed by atoms with Crippen LogP contribution in [0.3, 0.4) is 0 Å². The molecule has 0 bridgehead atoms. The first-order chi connectivity index (χ1) is 14.0. The Kier molecular flexibility index (Phi) is 7.33. The topological polar surface area (TPSA) is 61.5 Å². The van der Waals surface area contributed by atoms with Gasteiger partial charge in [-0.25, -0.2) is 0 Å². The lowest BCUT2D eigenvalue weighted by atomic mass is 10.2. The van der Waals surface area contributed by atoms with Gasteiger partial charge in [-0.05, 0) is 29.8 Å². The van der Waals surface area contributed by atoms with E-state index in [9.17, 15) is 0 Å². The Hall–Kier alpha value is -2.32. The molecule has 8 heteroatoms. The lowest BCUT2D eigenvalue weighted by Crippen LogP contribution is -2.03. The van der Waals surface area contributed by atoms with Crippen LogP contribution >= 0.6 is 27.7 Å². The molecular weight excluding hydrogens is 452 g/mol. The smallest absolute Gasteiger partial charge is 0.212 e. The fourth-order valence-corrected chi connectivity index (χ4v) is 3.81. The Morgan fingerprint density at radius 1 is 1.10 bits per heavy atom. The highest BCUT2D eigenvalue weighted by molar-refractivity contribution is 9.10. The molecule has 1 aromatic heterocycles. The molecule has 0 saturated carbocycles. The predicted molar refractivity (Wildman–Crippen MR) is 120 cm³/mol. The van der Waals surface area contributed by atoms with Gasteiger partial charge in [0.15, 0.2) is 17.3 Å². The van der Waals surface area contributed by atoms with Crippen molar-refractivity contribution in [2.24, 2.45) is 5.10 Å². The van der Waals surface area contributed by atoms with Crippen molar-refractivity contribution in [1.29, 1.82) is 0 Å². The van der Waals surface area contributed by atoms with Gasteiger partial charge in [-0.3, -0.25) is 0 Å². The Balaban J connectivity index is 1.89. The molecule has 0 unspecified atom stereocenters. The zero-order valence-electron chi connectivity index (χ0n) is 16.8. The molecule has 29 heavy (non-hydrogen) atoms. The van der Waals surface area contributed by atoms with Crippen LogP contribution in [0.25, 0.3) is 0 Å². The summed E-state index contributed by atoms with van der Waals surface area (Å²) in [5.74, 6) is 3.08. The highest BCUT2D eigenvalue weighted by Gasteiger charge is 2.16. The van der Waals surface area contributed by atoms with Crippen molar-refractivity contribution < 1.29 is 9.47 Å². The van der Waals surface area contributed by atoms with E-state index in [1.165, 1.54) is 5.56 Å². The molecule has 2 aromatic carbocycles. The van der Waals surface area contributed by atoms with E-state index < -0.39 is 0 Å². The summed E-state index contributed by atoms with van der Waals surface area (Å²) in [6.07, 6.45) is 1.75. The van der Waals surface area contributed by atoms with E-state index in [-0.39, 0.29) is 5.92 Å². The summed E-state index contributed by atoms with van der Waals surface area (Å²) >= 11 is 5.07. The summed E-state index contributed by atoms with van der Waals surface area (Å²) < 4.78 is 13.7. The van der Waals surface area contributed by atoms with E-state index in [2.05, 4.69) is 57.2 Å². The normalized spacial score (nSPS) is 11.4. The fourth-order valence-electron chi connectivity index (χ4n) is 2.70. The Bertz CT molecular complexity index is 987. The minimum absolute atomic E-state index is 0.189. The van der Waals surface area contributed by atoms with Crippen molar-refractivity contribution in [3.8, 4) is 11.5 Å². The summed E-state index contributed by atoms with van der Waals surface area (Å²) in [6.45, 7) is 4.15. The van der Waals surface area contributed by atoms with Crippen LogP contribution in [0, 0.1) is 0 Å². The lowest BCUT2D eigenvalue weighted by molar-refractivity contribution is 0.354. The maximum Gasteiger partial charge on any atom is 0.212 e. The van der Waals surface area contributed by atoms with Gasteiger partial charge in [0.05, 0.1) is 20.4 Å². The average Bonchev–Trinajstić information content (AvgIpc) is 3.14. The number of hydrogen-bond donors (Lipinski definition) is 0. The van der Waals surface area contributed by atoms with Crippen LogP contribution in [0.2, 0.25) is 0 Å². The maximum atomic E-state index is 5.49. The highest BCUT2D eigenvalue weighted by atomic mass is 79.9. The number of methoxy groups -OCH3 is 2. The number of ether oxygens (including phenoxy) is 2. The first-order valence-electron chi connectivity index (χ1n) is 9.11. The minimum Gasteiger partial charge on any atom is -0.493 e. The molecule has 1 heterocycles. The van der Waals surface area contributed by atoms with E-state index in [1.54, 1.807) is 36.9 Å². The Morgan fingerprint density at radius 2 is 1.86 bits per heavy atom. The van der Waals surface area contributed by atoms with E-state index in [4.69, 9.17) is 9.47 Å². The van der Waals surface area contributed by atoms with Crippen LogP contribution < -0.4 is 9.47 Å². The highest BCUT2D eigenvalue weighted by Crippen LogP contribution is 2.30. The molecule has 0 saturated heterocycles. The monoisotopic (exact) mass is 474 g/mol. The number of halogens is 1. The summed E-state index contributed by atoms with van der Waals surface area (Å²) in [6, 6.07) is 13.9. The largest absolute Gasteiger partial charge is 0.493 e. The molecule has 6 nitrogen and oxygen atoms in total. The van der Waals surface area contributed by atoms with Gasteiger partial charge < -0.3 is 9.47 Å². The van der Waals surface area contributed by atoms with Crippen LogP contribution in [0.5, 0.6) is 11.5 Å². The zero-order valence-corrected chi connectivity index (χ0v) is 19.2. The first-order valence-corrected chi connectivity index (χ1v) is 10.9. The van der Waals surface area contributed by atoms with E-state index in [0.29, 0.717) is 11.5 Å². The fraction of sp³-hybridized carbons (Fsp3) is 0.286.